The van der Waals surface area contributed by atoms with Crippen LogP contribution in [0.1, 0.15) is 74.0 Å². The summed E-state index contributed by atoms with van der Waals surface area (Å²) in [6.07, 6.45) is 8.32. The van der Waals surface area contributed by atoms with Crippen LogP contribution >= 0.6 is 11.3 Å². The minimum absolute atomic E-state index is 0.129. The van der Waals surface area contributed by atoms with Gasteiger partial charge in [-0.3, -0.25) is 0 Å². The van der Waals surface area contributed by atoms with Crippen LogP contribution < -0.4 is 5.32 Å². The molecule has 1 N–H and O–H groups in total. The Morgan fingerprint density at radius 1 is 1.24 bits per heavy atom. The third-order valence-corrected chi connectivity index (χ3v) is 6.81. The fraction of sp³-hybridized carbons (Fsp3) is 0.824. The number of aryl methyl sites for hydroxylation is 1. The largest absolute Gasteiger partial charge is 0.371 e. The van der Waals surface area contributed by atoms with E-state index < -0.39 is 0 Å². The van der Waals surface area contributed by atoms with E-state index in [9.17, 15) is 0 Å². The maximum atomic E-state index is 6.03. The molecule has 0 saturated heterocycles. The first-order valence-corrected chi connectivity index (χ1v) is 9.04. The quantitative estimate of drug-likeness (QED) is 0.909. The van der Waals surface area contributed by atoms with Crippen molar-refractivity contribution in [2.24, 2.45) is 5.41 Å². The molecule has 1 saturated carbocycles. The van der Waals surface area contributed by atoms with Crippen molar-refractivity contribution < 1.29 is 4.74 Å². The minimum atomic E-state index is -0.129. The Hall–Kier alpha value is -0.450. The van der Waals surface area contributed by atoms with Gasteiger partial charge in [0.15, 0.2) is 0 Å². The van der Waals surface area contributed by atoms with Crippen LogP contribution in [0.5, 0.6) is 0 Å². The summed E-state index contributed by atoms with van der Waals surface area (Å²) in [5.74, 6) is 0. The highest BCUT2D eigenvalue weighted by Crippen LogP contribution is 2.49. The van der Waals surface area contributed by atoms with E-state index in [1.54, 1.807) is 0 Å². The van der Waals surface area contributed by atoms with Gasteiger partial charge in [-0.25, -0.2) is 4.98 Å². The molecule has 2 aliphatic rings. The molecule has 0 aromatic carbocycles. The van der Waals surface area contributed by atoms with Crippen LogP contribution in [0.2, 0.25) is 0 Å². The molecule has 1 aromatic heterocycles. The fourth-order valence-electron chi connectivity index (χ4n) is 3.73. The molecular weight excluding hydrogens is 280 g/mol. The SMILES string of the molecule is CNC1CCCc2sc(C3(OC)CCC(C)(C)CC3)nc21. The van der Waals surface area contributed by atoms with E-state index >= 15 is 0 Å². The van der Waals surface area contributed by atoms with Crippen LogP contribution in [0.4, 0.5) is 0 Å². The van der Waals surface area contributed by atoms with Crippen molar-refractivity contribution in [1.82, 2.24) is 10.3 Å². The fourth-order valence-corrected chi connectivity index (χ4v) is 5.12. The van der Waals surface area contributed by atoms with Gasteiger partial charge in [0, 0.05) is 12.0 Å². The first-order valence-electron chi connectivity index (χ1n) is 8.22. The van der Waals surface area contributed by atoms with Gasteiger partial charge in [0.25, 0.3) is 0 Å². The zero-order valence-corrected chi connectivity index (χ0v) is 14.6. The average Bonchev–Trinajstić information content (AvgIpc) is 2.92. The first kappa shape index (κ1) is 15.4. The van der Waals surface area contributed by atoms with E-state index in [4.69, 9.17) is 9.72 Å². The highest BCUT2D eigenvalue weighted by molar-refractivity contribution is 7.11. The number of methoxy groups -OCH3 is 1. The molecule has 0 spiro atoms. The van der Waals surface area contributed by atoms with Gasteiger partial charge in [-0.05, 0) is 57.4 Å². The number of nitrogens with zero attached hydrogens (tertiary/aromatic N) is 1. The molecule has 1 heterocycles. The highest BCUT2D eigenvalue weighted by atomic mass is 32.1. The molecule has 1 atom stereocenters. The molecule has 0 bridgehead atoms. The van der Waals surface area contributed by atoms with Gasteiger partial charge < -0.3 is 10.1 Å². The van der Waals surface area contributed by atoms with Crippen LogP contribution in [0.15, 0.2) is 0 Å². The third kappa shape index (κ3) is 2.78. The Bertz CT molecular complexity index is 499. The Balaban J connectivity index is 1.90. The van der Waals surface area contributed by atoms with E-state index in [0.29, 0.717) is 11.5 Å². The predicted molar refractivity (Wildman–Crippen MR) is 87.8 cm³/mol. The Morgan fingerprint density at radius 2 is 1.95 bits per heavy atom. The van der Waals surface area contributed by atoms with E-state index in [1.165, 1.54) is 47.7 Å². The topological polar surface area (TPSA) is 34.1 Å². The predicted octanol–water partition coefficient (Wildman–Crippen LogP) is 4.18. The van der Waals surface area contributed by atoms with Crippen LogP contribution in [0.3, 0.4) is 0 Å². The number of hydrogen-bond donors (Lipinski definition) is 1. The molecule has 2 aliphatic carbocycles. The van der Waals surface area contributed by atoms with Crippen LogP contribution in [-0.2, 0) is 16.8 Å². The van der Waals surface area contributed by atoms with Crippen molar-refractivity contribution >= 4 is 11.3 Å². The van der Waals surface area contributed by atoms with Gasteiger partial charge in [0.1, 0.15) is 10.6 Å². The van der Waals surface area contributed by atoms with Gasteiger partial charge >= 0.3 is 0 Å². The summed E-state index contributed by atoms with van der Waals surface area (Å²) in [6.45, 7) is 4.74. The summed E-state index contributed by atoms with van der Waals surface area (Å²) in [5, 5.41) is 4.65. The van der Waals surface area contributed by atoms with Crippen LogP contribution in [0.25, 0.3) is 0 Å². The molecule has 1 fully saturated rings. The molecule has 3 rings (SSSR count). The molecule has 1 aromatic rings. The standard InChI is InChI=1S/C17H28N2OS/c1-16(2)8-10-17(20-4,11-9-16)15-19-14-12(18-3)6-5-7-13(14)21-15/h12,18H,5-11H2,1-4H3. The first-order chi connectivity index (χ1) is 10.00. The number of hydrogen-bond acceptors (Lipinski definition) is 4. The smallest absolute Gasteiger partial charge is 0.125 e. The highest BCUT2D eigenvalue weighted by Gasteiger charge is 2.43. The van der Waals surface area contributed by atoms with E-state index in [2.05, 4.69) is 19.2 Å². The second kappa shape index (κ2) is 5.64. The Morgan fingerprint density at radius 3 is 2.57 bits per heavy atom. The summed E-state index contributed by atoms with van der Waals surface area (Å²) in [6, 6.07) is 0.438. The lowest BCUT2D eigenvalue weighted by atomic mass is 9.71. The number of fused-ring (bicyclic) bond motifs is 1. The van der Waals surface area contributed by atoms with Gasteiger partial charge in [0.2, 0.25) is 0 Å². The van der Waals surface area contributed by atoms with Crippen molar-refractivity contribution in [2.75, 3.05) is 14.2 Å². The lowest BCUT2D eigenvalue weighted by Crippen LogP contribution is -2.36. The number of thiazole rings is 1. The van der Waals surface area contributed by atoms with Crippen molar-refractivity contribution in [3.05, 3.63) is 15.6 Å². The van der Waals surface area contributed by atoms with Crippen molar-refractivity contribution in [3.8, 4) is 0 Å². The normalized spacial score (nSPS) is 27.3. The molecule has 118 valence electrons. The Kier molecular flexibility index (Phi) is 4.15. The molecule has 21 heavy (non-hydrogen) atoms. The monoisotopic (exact) mass is 308 g/mol. The maximum Gasteiger partial charge on any atom is 0.125 e. The summed E-state index contributed by atoms with van der Waals surface area (Å²) < 4.78 is 6.03. The zero-order valence-electron chi connectivity index (χ0n) is 13.8. The van der Waals surface area contributed by atoms with E-state index in [0.717, 1.165) is 12.8 Å². The minimum Gasteiger partial charge on any atom is -0.371 e. The van der Waals surface area contributed by atoms with Gasteiger partial charge in [-0.1, -0.05) is 13.8 Å². The summed E-state index contributed by atoms with van der Waals surface area (Å²) in [7, 11) is 3.92. The average molecular weight is 308 g/mol. The molecule has 0 radical (unpaired) electrons. The second-order valence-corrected chi connectivity index (χ2v) is 8.51. The van der Waals surface area contributed by atoms with Crippen LogP contribution in [0, 0.1) is 5.41 Å². The van der Waals surface area contributed by atoms with E-state index in [-0.39, 0.29) is 5.60 Å². The van der Waals surface area contributed by atoms with E-state index in [1.807, 2.05) is 25.5 Å². The molecule has 0 aliphatic heterocycles. The number of nitrogens with one attached hydrogen (secondary N) is 1. The number of ether oxygens (including phenoxy) is 1. The summed E-state index contributed by atoms with van der Waals surface area (Å²) in [5.41, 5.74) is 1.62. The second-order valence-electron chi connectivity index (χ2n) is 7.42. The number of aromatic nitrogens is 1. The van der Waals surface area contributed by atoms with Gasteiger partial charge in [-0.2, -0.15) is 0 Å². The molecule has 0 amide bonds. The summed E-state index contributed by atoms with van der Waals surface area (Å²) >= 11 is 1.91. The van der Waals surface area contributed by atoms with Gasteiger partial charge in [0.05, 0.1) is 11.7 Å². The third-order valence-electron chi connectivity index (χ3n) is 5.49. The van der Waals surface area contributed by atoms with Crippen LogP contribution in [-0.4, -0.2) is 19.1 Å². The summed E-state index contributed by atoms with van der Waals surface area (Å²) in [4.78, 5) is 6.53. The van der Waals surface area contributed by atoms with Crippen molar-refractivity contribution in [3.63, 3.8) is 0 Å². The lowest BCUT2D eigenvalue weighted by Gasteiger charge is -2.41. The maximum absolute atomic E-state index is 6.03. The lowest BCUT2D eigenvalue weighted by molar-refractivity contribution is -0.0668. The zero-order chi connectivity index (χ0) is 15.1. The molecular formula is C17H28N2OS. The molecule has 1 unspecified atom stereocenters. The van der Waals surface area contributed by atoms with Gasteiger partial charge in [-0.15, -0.1) is 11.3 Å². The number of rotatable bonds is 3. The molecule has 3 nitrogen and oxygen atoms in total. The van der Waals surface area contributed by atoms with Crippen molar-refractivity contribution in [2.45, 2.75) is 70.4 Å². The molecule has 4 heteroatoms. The Labute approximate surface area is 132 Å². The van der Waals surface area contributed by atoms with Crippen molar-refractivity contribution in [1.29, 1.82) is 0 Å².